The molecule has 3 rings (SSSR count). The van der Waals surface area contributed by atoms with Crippen LogP contribution in [0.1, 0.15) is 17.2 Å². The van der Waals surface area contributed by atoms with Crippen LogP contribution in [0.2, 0.25) is 19.6 Å². The molecule has 1 heterocycles. The van der Waals surface area contributed by atoms with Crippen molar-refractivity contribution in [1.82, 2.24) is 4.57 Å². The van der Waals surface area contributed by atoms with E-state index in [1.54, 1.807) is 0 Å². The molecule has 0 aliphatic rings. The molecular formula is C19H23NOSi. The van der Waals surface area contributed by atoms with E-state index in [4.69, 9.17) is 0 Å². The largest absolute Gasteiger partial charge is 0.384 e. The van der Waals surface area contributed by atoms with Crippen molar-refractivity contribution < 1.29 is 5.11 Å². The van der Waals surface area contributed by atoms with Crippen LogP contribution in [0.15, 0.2) is 54.6 Å². The van der Waals surface area contributed by atoms with Crippen molar-refractivity contribution in [2.75, 3.05) is 0 Å². The number of fused-ring (bicyclic) bond motifs is 1. The van der Waals surface area contributed by atoms with Crippen LogP contribution in [0.4, 0.5) is 0 Å². The Labute approximate surface area is 133 Å². The third kappa shape index (κ3) is 2.51. The molecule has 0 radical (unpaired) electrons. The third-order valence-electron chi connectivity index (χ3n) is 4.27. The summed E-state index contributed by atoms with van der Waals surface area (Å²) < 4.78 is 2.28. The summed E-state index contributed by atoms with van der Waals surface area (Å²) in [6.45, 7) is 7.07. The molecule has 0 fully saturated rings. The standard InChI is InChI=1S/C19H23NOSi/c1-20-17(22(2,3)4)13-15-11-8-12-16(18(15)20)19(21)14-9-6-5-7-10-14/h5-13,19,21H,1-4H3. The van der Waals surface area contributed by atoms with Crippen LogP contribution in [0.5, 0.6) is 0 Å². The fourth-order valence-electron chi connectivity index (χ4n) is 3.20. The Morgan fingerprint density at radius 1 is 0.955 bits per heavy atom. The first-order chi connectivity index (χ1) is 10.4. The highest BCUT2D eigenvalue weighted by Gasteiger charge is 2.24. The molecule has 0 amide bonds. The predicted molar refractivity (Wildman–Crippen MR) is 96.4 cm³/mol. The fraction of sp³-hybridized carbons (Fsp3) is 0.263. The minimum absolute atomic E-state index is 0.590. The second kappa shape index (κ2) is 5.41. The van der Waals surface area contributed by atoms with Crippen molar-refractivity contribution in [2.24, 2.45) is 7.05 Å². The number of rotatable bonds is 3. The average molecular weight is 309 g/mol. The highest BCUT2D eigenvalue weighted by molar-refractivity contribution is 6.88. The van der Waals surface area contributed by atoms with E-state index in [0.29, 0.717) is 0 Å². The van der Waals surface area contributed by atoms with Crippen molar-refractivity contribution in [1.29, 1.82) is 0 Å². The topological polar surface area (TPSA) is 25.2 Å². The lowest BCUT2D eigenvalue weighted by Gasteiger charge is -2.19. The van der Waals surface area contributed by atoms with Gasteiger partial charge in [0, 0.05) is 17.9 Å². The van der Waals surface area contributed by atoms with Crippen molar-refractivity contribution in [3.8, 4) is 0 Å². The maximum Gasteiger partial charge on any atom is 0.106 e. The van der Waals surface area contributed by atoms with Gasteiger partial charge in [-0.1, -0.05) is 68.2 Å². The van der Waals surface area contributed by atoms with Crippen molar-refractivity contribution in [3.05, 3.63) is 65.7 Å². The van der Waals surface area contributed by atoms with Gasteiger partial charge in [-0.15, -0.1) is 0 Å². The molecule has 1 N–H and O–H groups in total. The maximum absolute atomic E-state index is 10.8. The van der Waals surface area contributed by atoms with E-state index in [9.17, 15) is 5.11 Å². The monoisotopic (exact) mass is 309 g/mol. The number of aromatic nitrogens is 1. The first-order valence-corrected chi connectivity index (χ1v) is 11.2. The molecule has 1 aromatic heterocycles. The van der Waals surface area contributed by atoms with Crippen LogP contribution >= 0.6 is 0 Å². The van der Waals surface area contributed by atoms with Crippen LogP contribution in [-0.2, 0) is 7.05 Å². The minimum Gasteiger partial charge on any atom is -0.384 e. The van der Waals surface area contributed by atoms with E-state index in [0.717, 1.165) is 16.6 Å². The van der Waals surface area contributed by atoms with E-state index in [1.165, 1.54) is 10.7 Å². The van der Waals surface area contributed by atoms with E-state index < -0.39 is 14.2 Å². The highest BCUT2D eigenvalue weighted by atomic mass is 28.3. The molecule has 0 bridgehead atoms. The van der Waals surface area contributed by atoms with Crippen LogP contribution in [0, 0.1) is 0 Å². The summed E-state index contributed by atoms with van der Waals surface area (Å²) in [5.74, 6) is 0. The fourth-order valence-corrected chi connectivity index (χ4v) is 4.91. The smallest absolute Gasteiger partial charge is 0.106 e. The summed E-state index contributed by atoms with van der Waals surface area (Å²) in [4.78, 5) is 0. The molecule has 2 aromatic carbocycles. The van der Waals surface area contributed by atoms with Gasteiger partial charge in [0.05, 0.1) is 13.6 Å². The SMILES string of the molecule is Cn1c([Si](C)(C)C)cc2cccc(C(O)c3ccccc3)c21. The van der Waals surface area contributed by atoms with Crippen LogP contribution in [0.25, 0.3) is 10.9 Å². The Kier molecular flexibility index (Phi) is 3.71. The Morgan fingerprint density at radius 2 is 1.64 bits per heavy atom. The number of hydrogen-bond donors (Lipinski definition) is 1. The molecule has 0 spiro atoms. The molecule has 1 atom stereocenters. The summed E-state index contributed by atoms with van der Waals surface area (Å²) in [7, 11) is 0.706. The lowest BCUT2D eigenvalue weighted by atomic mass is 9.99. The summed E-state index contributed by atoms with van der Waals surface area (Å²) in [6.07, 6.45) is -0.590. The van der Waals surface area contributed by atoms with Gasteiger partial charge in [-0.3, -0.25) is 0 Å². The van der Waals surface area contributed by atoms with Gasteiger partial charge in [-0.2, -0.15) is 0 Å². The first-order valence-electron chi connectivity index (χ1n) is 7.71. The van der Waals surface area contributed by atoms with Crippen molar-refractivity contribution in [3.63, 3.8) is 0 Å². The number of para-hydroxylation sites is 1. The Morgan fingerprint density at radius 3 is 2.27 bits per heavy atom. The average Bonchev–Trinajstić information content (AvgIpc) is 2.85. The molecule has 1 unspecified atom stereocenters. The van der Waals surface area contributed by atoms with E-state index >= 15 is 0 Å². The van der Waals surface area contributed by atoms with Crippen LogP contribution in [-0.4, -0.2) is 17.7 Å². The Bertz CT molecular complexity index is 799. The molecule has 3 heteroatoms. The van der Waals surface area contributed by atoms with Crippen molar-refractivity contribution in [2.45, 2.75) is 25.7 Å². The molecule has 0 saturated carbocycles. The van der Waals surface area contributed by atoms with Gasteiger partial charge in [-0.25, -0.2) is 0 Å². The number of benzene rings is 2. The quantitative estimate of drug-likeness (QED) is 0.731. The summed E-state index contributed by atoms with van der Waals surface area (Å²) >= 11 is 0. The van der Waals surface area contributed by atoms with Gasteiger partial charge in [0.15, 0.2) is 0 Å². The van der Waals surface area contributed by atoms with E-state index in [2.05, 4.69) is 43.4 Å². The van der Waals surface area contributed by atoms with Crippen molar-refractivity contribution >= 4 is 24.3 Å². The van der Waals surface area contributed by atoms with Gasteiger partial charge >= 0.3 is 0 Å². The molecule has 0 aliphatic heterocycles. The summed E-state index contributed by atoms with van der Waals surface area (Å²) in [6, 6.07) is 18.4. The maximum atomic E-state index is 10.8. The zero-order chi connectivity index (χ0) is 15.9. The zero-order valence-corrected chi connectivity index (χ0v) is 14.7. The van der Waals surface area contributed by atoms with Gasteiger partial charge in [0.2, 0.25) is 0 Å². The molecule has 22 heavy (non-hydrogen) atoms. The number of aryl methyl sites for hydroxylation is 1. The lowest BCUT2D eigenvalue weighted by Crippen LogP contribution is -2.41. The minimum atomic E-state index is -1.42. The van der Waals surface area contributed by atoms with Crippen LogP contribution in [0.3, 0.4) is 0 Å². The van der Waals surface area contributed by atoms with E-state index in [1.807, 2.05) is 42.5 Å². The van der Waals surface area contributed by atoms with E-state index in [-0.39, 0.29) is 0 Å². The summed E-state index contributed by atoms with van der Waals surface area (Å²) in [5, 5.41) is 13.5. The van der Waals surface area contributed by atoms with Gasteiger partial charge < -0.3 is 9.67 Å². The highest BCUT2D eigenvalue weighted by Crippen LogP contribution is 2.29. The molecule has 114 valence electrons. The second-order valence-electron chi connectivity index (χ2n) is 6.94. The summed E-state index contributed by atoms with van der Waals surface area (Å²) in [5.41, 5.74) is 3.07. The number of aliphatic hydroxyl groups is 1. The first kappa shape index (κ1) is 15.1. The zero-order valence-electron chi connectivity index (χ0n) is 13.7. The van der Waals surface area contributed by atoms with Gasteiger partial charge in [0.1, 0.15) is 6.10 Å². The molecular weight excluding hydrogens is 286 g/mol. The lowest BCUT2D eigenvalue weighted by molar-refractivity contribution is 0.221. The molecule has 0 saturated heterocycles. The van der Waals surface area contributed by atoms with Gasteiger partial charge in [-0.05, 0) is 17.0 Å². The third-order valence-corrected chi connectivity index (χ3v) is 6.28. The number of nitrogens with zero attached hydrogens (tertiary/aromatic N) is 1. The van der Waals surface area contributed by atoms with Crippen LogP contribution < -0.4 is 5.32 Å². The predicted octanol–water partition coefficient (Wildman–Crippen LogP) is 3.81. The molecule has 2 nitrogen and oxygen atoms in total. The second-order valence-corrected chi connectivity index (χ2v) is 11.9. The number of aliphatic hydroxyl groups excluding tert-OH is 1. The normalized spacial score (nSPS) is 13.5. The molecule has 3 aromatic rings. The van der Waals surface area contributed by atoms with Gasteiger partial charge in [0.25, 0.3) is 0 Å². The Balaban J connectivity index is 2.21. The molecule has 0 aliphatic carbocycles. The number of hydrogen-bond acceptors (Lipinski definition) is 1. The Hall–Kier alpha value is -1.84.